The lowest BCUT2D eigenvalue weighted by molar-refractivity contribution is -0.151. The molecule has 0 bridgehead atoms. The molecule has 118 valence electrons. The molecule has 0 aliphatic carbocycles. The van der Waals surface area contributed by atoms with Gasteiger partial charge in [-0.05, 0) is 38.5 Å². The van der Waals surface area contributed by atoms with Crippen LogP contribution in [-0.4, -0.2) is 35.0 Å². The first-order valence-electron chi connectivity index (χ1n) is 7.57. The maximum Gasteiger partial charge on any atom is 0.309 e. The summed E-state index contributed by atoms with van der Waals surface area (Å²) in [5, 5.41) is 9.14. The number of amides is 1. The maximum absolute atomic E-state index is 12.4. The summed E-state index contributed by atoms with van der Waals surface area (Å²) < 4.78 is 0. The van der Waals surface area contributed by atoms with Crippen molar-refractivity contribution in [3.05, 3.63) is 0 Å². The number of hydrogen-bond donors (Lipinski definition) is 1. The van der Waals surface area contributed by atoms with Crippen LogP contribution < -0.4 is 0 Å². The first-order chi connectivity index (χ1) is 9.06. The van der Waals surface area contributed by atoms with Crippen molar-refractivity contribution in [1.29, 1.82) is 0 Å². The fraction of sp³-hybridized carbons (Fsp3) is 0.875. The van der Waals surface area contributed by atoms with Gasteiger partial charge in [0.05, 0.1) is 5.41 Å². The number of hydrogen-bond acceptors (Lipinski definition) is 2. The van der Waals surface area contributed by atoms with Crippen molar-refractivity contribution < 1.29 is 14.7 Å². The second kappa shape index (κ2) is 8.28. The number of carbonyl (C=O) groups is 2. The van der Waals surface area contributed by atoms with Gasteiger partial charge in [0.25, 0.3) is 0 Å². The molecule has 20 heavy (non-hydrogen) atoms. The Hall–Kier alpha value is -1.06. The van der Waals surface area contributed by atoms with Crippen LogP contribution in [0.5, 0.6) is 0 Å². The summed E-state index contributed by atoms with van der Waals surface area (Å²) in [5.74, 6) is 0.117. The van der Waals surface area contributed by atoms with Crippen LogP contribution in [0, 0.1) is 17.3 Å². The molecular formula is C16H31NO3. The second-order valence-electron chi connectivity index (χ2n) is 7.11. The molecular weight excluding hydrogens is 254 g/mol. The Balaban J connectivity index is 4.65. The highest BCUT2D eigenvalue weighted by atomic mass is 16.4. The summed E-state index contributed by atoms with van der Waals surface area (Å²) in [6.07, 6.45) is 1.98. The molecule has 1 N–H and O–H groups in total. The van der Waals surface area contributed by atoms with Crippen molar-refractivity contribution in [3.63, 3.8) is 0 Å². The van der Waals surface area contributed by atoms with Gasteiger partial charge in [-0.1, -0.05) is 27.7 Å². The molecule has 0 saturated carbocycles. The molecule has 0 rings (SSSR count). The van der Waals surface area contributed by atoms with Crippen LogP contribution in [0.15, 0.2) is 0 Å². The van der Waals surface area contributed by atoms with Crippen molar-refractivity contribution in [2.24, 2.45) is 17.3 Å². The molecule has 1 amide bonds. The van der Waals surface area contributed by atoms with Gasteiger partial charge in [0.2, 0.25) is 5.91 Å². The van der Waals surface area contributed by atoms with Crippen LogP contribution in [0.1, 0.15) is 60.8 Å². The van der Waals surface area contributed by atoms with Crippen LogP contribution in [-0.2, 0) is 9.59 Å². The number of nitrogens with zero attached hydrogens (tertiary/aromatic N) is 1. The molecule has 0 heterocycles. The predicted molar refractivity (Wildman–Crippen MR) is 81.5 cm³/mol. The van der Waals surface area contributed by atoms with E-state index in [-0.39, 0.29) is 12.3 Å². The number of carbonyl (C=O) groups excluding carboxylic acids is 1. The molecule has 0 aromatic carbocycles. The molecule has 0 aliphatic rings. The van der Waals surface area contributed by atoms with Gasteiger partial charge in [-0.25, -0.2) is 0 Å². The minimum Gasteiger partial charge on any atom is -0.481 e. The van der Waals surface area contributed by atoms with Crippen molar-refractivity contribution >= 4 is 11.9 Å². The van der Waals surface area contributed by atoms with Gasteiger partial charge in [-0.3, -0.25) is 9.59 Å². The van der Waals surface area contributed by atoms with Crippen molar-refractivity contribution in [1.82, 2.24) is 4.90 Å². The summed E-state index contributed by atoms with van der Waals surface area (Å²) in [5.41, 5.74) is -0.995. The molecule has 0 fully saturated rings. The molecule has 0 aromatic heterocycles. The Morgan fingerprint density at radius 2 is 1.40 bits per heavy atom. The first kappa shape index (κ1) is 18.9. The predicted octanol–water partition coefficient (Wildman–Crippen LogP) is 3.41. The van der Waals surface area contributed by atoms with Gasteiger partial charge in [-0.2, -0.15) is 0 Å². The Labute approximate surface area is 123 Å². The molecule has 0 atom stereocenters. The van der Waals surface area contributed by atoms with Gasteiger partial charge < -0.3 is 10.0 Å². The summed E-state index contributed by atoms with van der Waals surface area (Å²) in [6, 6.07) is 0. The van der Waals surface area contributed by atoms with Crippen LogP contribution in [0.25, 0.3) is 0 Å². The fourth-order valence-electron chi connectivity index (χ4n) is 1.75. The van der Waals surface area contributed by atoms with Gasteiger partial charge >= 0.3 is 5.97 Å². The zero-order valence-electron chi connectivity index (χ0n) is 13.9. The highest BCUT2D eigenvalue weighted by Gasteiger charge is 2.32. The highest BCUT2D eigenvalue weighted by Crippen LogP contribution is 2.22. The van der Waals surface area contributed by atoms with Crippen molar-refractivity contribution in [2.45, 2.75) is 60.8 Å². The molecule has 0 radical (unpaired) electrons. The average molecular weight is 285 g/mol. The monoisotopic (exact) mass is 285 g/mol. The minimum atomic E-state index is -0.995. The third-order valence-corrected chi connectivity index (χ3v) is 3.48. The topological polar surface area (TPSA) is 57.6 Å². The van der Waals surface area contributed by atoms with Crippen LogP contribution in [0.2, 0.25) is 0 Å². The maximum atomic E-state index is 12.4. The standard InChI is InChI=1S/C16H31NO3/c1-12(2)7-9-17(10-8-13(3)4)14(18)11-16(5,6)15(19)20/h12-13H,7-11H2,1-6H3,(H,19,20). The molecule has 4 heteroatoms. The van der Waals surface area contributed by atoms with Gasteiger partial charge in [0.1, 0.15) is 0 Å². The van der Waals surface area contributed by atoms with Crippen molar-refractivity contribution in [2.75, 3.05) is 13.1 Å². The van der Waals surface area contributed by atoms with E-state index in [9.17, 15) is 9.59 Å². The summed E-state index contributed by atoms with van der Waals surface area (Å²) in [7, 11) is 0. The second-order valence-corrected chi connectivity index (χ2v) is 7.11. The van der Waals surface area contributed by atoms with Crippen LogP contribution in [0.3, 0.4) is 0 Å². The number of carboxylic acids is 1. The Bertz CT molecular complexity index is 310. The van der Waals surface area contributed by atoms with E-state index in [1.165, 1.54) is 0 Å². The van der Waals surface area contributed by atoms with E-state index < -0.39 is 11.4 Å². The molecule has 0 unspecified atom stereocenters. The zero-order chi connectivity index (χ0) is 15.9. The Morgan fingerprint density at radius 3 is 1.70 bits per heavy atom. The third kappa shape index (κ3) is 7.51. The van der Waals surface area contributed by atoms with Crippen LogP contribution in [0.4, 0.5) is 0 Å². The quantitative estimate of drug-likeness (QED) is 0.706. The Kier molecular flexibility index (Phi) is 7.84. The molecule has 4 nitrogen and oxygen atoms in total. The van der Waals surface area contributed by atoms with Gasteiger partial charge in [0, 0.05) is 19.5 Å². The minimum absolute atomic E-state index is 0.0429. The summed E-state index contributed by atoms with van der Waals surface area (Å²) in [6.45, 7) is 13.2. The smallest absolute Gasteiger partial charge is 0.309 e. The Morgan fingerprint density at radius 1 is 1.00 bits per heavy atom. The zero-order valence-corrected chi connectivity index (χ0v) is 13.9. The number of rotatable bonds is 9. The van der Waals surface area contributed by atoms with Crippen LogP contribution >= 0.6 is 0 Å². The van der Waals surface area contributed by atoms with E-state index in [1.54, 1.807) is 13.8 Å². The van der Waals surface area contributed by atoms with E-state index in [4.69, 9.17) is 5.11 Å². The lowest BCUT2D eigenvalue weighted by atomic mass is 9.89. The van der Waals surface area contributed by atoms with Crippen molar-refractivity contribution in [3.8, 4) is 0 Å². The first-order valence-corrected chi connectivity index (χ1v) is 7.57. The third-order valence-electron chi connectivity index (χ3n) is 3.48. The van der Waals surface area contributed by atoms with Gasteiger partial charge in [0.15, 0.2) is 0 Å². The van der Waals surface area contributed by atoms with E-state index in [0.717, 1.165) is 25.9 Å². The average Bonchev–Trinajstić information content (AvgIpc) is 2.26. The number of carboxylic acid groups (broad SMARTS) is 1. The molecule has 0 aromatic rings. The molecule has 0 saturated heterocycles. The SMILES string of the molecule is CC(C)CCN(CCC(C)C)C(=O)CC(C)(C)C(=O)O. The molecule has 0 aliphatic heterocycles. The molecule has 0 spiro atoms. The lowest BCUT2D eigenvalue weighted by Crippen LogP contribution is -2.38. The fourth-order valence-corrected chi connectivity index (χ4v) is 1.75. The summed E-state index contributed by atoms with van der Waals surface area (Å²) >= 11 is 0. The van der Waals surface area contributed by atoms with E-state index >= 15 is 0 Å². The lowest BCUT2D eigenvalue weighted by Gasteiger charge is -2.28. The van der Waals surface area contributed by atoms with E-state index in [0.29, 0.717) is 11.8 Å². The largest absolute Gasteiger partial charge is 0.481 e. The van der Waals surface area contributed by atoms with Gasteiger partial charge in [-0.15, -0.1) is 0 Å². The number of aliphatic carboxylic acids is 1. The van der Waals surface area contributed by atoms with E-state index in [2.05, 4.69) is 27.7 Å². The van der Waals surface area contributed by atoms with E-state index in [1.807, 2.05) is 4.90 Å². The summed E-state index contributed by atoms with van der Waals surface area (Å²) in [4.78, 5) is 25.3. The normalized spacial score (nSPS) is 12.0. The highest BCUT2D eigenvalue weighted by molar-refractivity contribution is 5.84.